The maximum atomic E-state index is 10.5. The number of hydrogen-bond donors (Lipinski definition) is 1. The average Bonchev–Trinajstić information content (AvgIpc) is 2.59. The maximum Gasteiger partial charge on any atom is 0.308 e. The molecule has 0 unspecified atom stereocenters. The van der Waals surface area contributed by atoms with E-state index in [2.05, 4.69) is 12.3 Å². The number of unbranched alkanes of at least 4 members (excludes halogenated alkanes) is 3. The van der Waals surface area contributed by atoms with E-state index in [1.54, 1.807) is 11.3 Å². The molecule has 0 bridgehead atoms. The van der Waals surface area contributed by atoms with Gasteiger partial charge in [0.15, 0.2) is 0 Å². The van der Waals surface area contributed by atoms with Gasteiger partial charge in [-0.2, -0.15) is 0 Å². The van der Waals surface area contributed by atoms with Gasteiger partial charge in [-0.05, 0) is 29.9 Å². The Morgan fingerprint density at radius 2 is 2.20 bits per heavy atom. The first kappa shape index (κ1) is 12.2. The summed E-state index contributed by atoms with van der Waals surface area (Å²) in [6, 6.07) is 2.03. The molecule has 1 aromatic heterocycles. The number of rotatable bonds is 7. The molecule has 0 aliphatic heterocycles. The van der Waals surface area contributed by atoms with Crippen LogP contribution in [0.15, 0.2) is 11.4 Å². The standard InChI is InChI=1S/C12H18O2S/c1-2-3-4-5-6-10-7-11(15-9-10)8-12(13)14/h7,9H,2-6,8H2,1H3,(H,13,14). The van der Waals surface area contributed by atoms with Crippen LogP contribution < -0.4 is 0 Å². The zero-order valence-electron chi connectivity index (χ0n) is 9.16. The third kappa shape index (κ3) is 4.98. The van der Waals surface area contributed by atoms with Crippen LogP contribution in [0, 0.1) is 0 Å². The van der Waals surface area contributed by atoms with E-state index in [-0.39, 0.29) is 6.42 Å². The Balaban J connectivity index is 2.29. The second-order valence-electron chi connectivity index (χ2n) is 3.80. The van der Waals surface area contributed by atoms with Crippen molar-refractivity contribution in [3.8, 4) is 0 Å². The van der Waals surface area contributed by atoms with Gasteiger partial charge >= 0.3 is 5.97 Å². The smallest absolute Gasteiger partial charge is 0.308 e. The molecule has 15 heavy (non-hydrogen) atoms. The summed E-state index contributed by atoms with van der Waals surface area (Å²) in [6.45, 7) is 2.20. The summed E-state index contributed by atoms with van der Waals surface area (Å²) in [6.07, 6.45) is 6.31. The van der Waals surface area contributed by atoms with E-state index in [9.17, 15) is 4.79 Å². The van der Waals surface area contributed by atoms with E-state index in [1.165, 1.54) is 31.2 Å². The third-order valence-electron chi connectivity index (χ3n) is 2.35. The molecule has 3 heteroatoms. The summed E-state index contributed by atoms with van der Waals surface area (Å²) in [5.74, 6) is -0.741. The normalized spacial score (nSPS) is 10.5. The summed E-state index contributed by atoms with van der Waals surface area (Å²) in [5.41, 5.74) is 1.30. The molecule has 1 N–H and O–H groups in total. The molecule has 1 heterocycles. The van der Waals surface area contributed by atoms with Crippen LogP contribution in [0.1, 0.15) is 43.0 Å². The molecular weight excluding hydrogens is 208 g/mol. The first-order valence-corrected chi connectivity index (χ1v) is 6.38. The number of hydrogen-bond acceptors (Lipinski definition) is 2. The highest BCUT2D eigenvalue weighted by Crippen LogP contribution is 2.17. The quantitative estimate of drug-likeness (QED) is 0.722. The van der Waals surface area contributed by atoms with Gasteiger partial charge < -0.3 is 5.11 Å². The summed E-state index contributed by atoms with van der Waals surface area (Å²) < 4.78 is 0. The molecule has 0 saturated carbocycles. The molecular formula is C12H18O2S. The Bertz CT molecular complexity index is 304. The molecule has 0 spiro atoms. The fourth-order valence-corrected chi connectivity index (χ4v) is 2.47. The van der Waals surface area contributed by atoms with Crippen molar-refractivity contribution in [1.29, 1.82) is 0 Å². The first-order valence-electron chi connectivity index (χ1n) is 5.50. The van der Waals surface area contributed by atoms with Crippen molar-refractivity contribution in [2.24, 2.45) is 0 Å². The van der Waals surface area contributed by atoms with Crippen LogP contribution in [0.4, 0.5) is 0 Å². The van der Waals surface area contributed by atoms with E-state index in [0.717, 1.165) is 11.3 Å². The zero-order chi connectivity index (χ0) is 11.1. The second-order valence-corrected chi connectivity index (χ2v) is 4.80. The molecule has 0 fully saturated rings. The van der Waals surface area contributed by atoms with Gasteiger partial charge in [0.2, 0.25) is 0 Å². The molecule has 0 saturated heterocycles. The average molecular weight is 226 g/mol. The predicted molar refractivity (Wildman–Crippen MR) is 63.5 cm³/mol. The van der Waals surface area contributed by atoms with Gasteiger partial charge in [-0.1, -0.05) is 26.2 Å². The minimum absolute atomic E-state index is 0.166. The number of carboxylic acids is 1. The summed E-state index contributed by atoms with van der Waals surface area (Å²) in [5, 5.41) is 10.7. The second kappa shape index (κ2) is 6.62. The molecule has 84 valence electrons. The van der Waals surface area contributed by atoms with Gasteiger partial charge in [0.05, 0.1) is 6.42 Å². The minimum atomic E-state index is -0.741. The van der Waals surface area contributed by atoms with Crippen molar-refractivity contribution in [1.82, 2.24) is 0 Å². The monoisotopic (exact) mass is 226 g/mol. The number of aryl methyl sites for hydroxylation is 1. The Hall–Kier alpha value is -0.830. The van der Waals surface area contributed by atoms with Gasteiger partial charge in [-0.3, -0.25) is 4.79 Å². The minimum Gasteiger partial charge on any atom is -0.481 e. The van der Waals surface area contributed by atoms with Crippen molar-refractivity contribution in [3.05, 3.63) is 21.9 Å². The number of carbonyl (C=O) groups is 1. The summed E-state index contributed by atoms with van der Waals surface area (Å²) in [7, 11) is 0. The van der Waals surface area contributed by atoms with Crippen LogP contribution in [0.5, 0.6) is 0 Å². The van der Waals surface area contributed by atoms with Gasteiger partial charge in [0.25, 0.3) is 0 Å². The Morgan fingerprint density at radius 3 is 2.87 bits per heavy atom. The van der Waals surface area contributed by atoms with E-state index in [1.807, 2.05) is 6.07 Å². The summed E-state index contributed by atoms with van der Waals surface area (Å²) >= 11 is 1.56. The molecule has 0 radical (unpaired) electrons. The highest BCUT2D eigenvalue weighted by Gasteiger charge is 2.04. The molecule has 0 aromatic carbocycles. The SMILES string of the molecule is CCCCCCc1csc(CC(=O)O)c1. The fraction of sp³-hybridized carbons (Fsp3) is 0.583. The summed E-state index contributed by atoms with van der Waals surface area (Å²) in [4.78, 5) is 11.4. The highest BCUT2D eigenvalue weighted by atomic mass is 32.1. The molecule has 0 amide bonds. The largest absolute Gasteiger partial charge is 0.481 e. The lowest BCUT2D eigenvalue weighted by molar-refractivity contribution is -0.136. The van der Waals surface area contributed by atoms with Crippen molar-refractivity contribution < 1.29 is 9.90 Å². The van der Waals surface area contributed by atoms with Crippen LogP contribution in [-0.4, -0.2) is 11.1 Å². The van der Waals surface area contributed by atoms with Crippen LogP contribution in [-0.2, 0) is 17.6 Å². The van der Waals surface area contributed by atoms with Gasteiger partial charge in [-0.15, -0.1) is 11.3 Å². The molecule has 1 rings (SSSR count). The number of thiophene rings is 1. The zero-order valence-corrected chi connectivity index (χ0v) is 9.98. The van der Waals surface area contributed by atoms with Gasteiger partial charge in [0, 0.05) is 4.88 Å². The third-order valence-corrected chi connectivity index (χ3v) is 3.34. The first-order chi connectivity index (χ1) is 7.22. The lowest BCUT2D eigenvalue weighted by Gasteiger charge is -1.96. The van der Waals surface area contributed by atoms with Crippen LogP contribution in [0.25, 0.3) is 0 Å². The number of aliphatic carboxylic acids is 1. The predicted octanol–water partition coefficient (Wildman–Crippen LogP) is 3.50. The molecule has 0 aliphatic rings. The lowest BCUT2D eigenvalue weighted by Crippen LogP contribution is -1.97. The Kier molecular flexibility index (Phi) is 5.40. The molecule has 2 nitrogen and oxygen atoms in total. The van der Waals surface area contributed by atoms with E-state index in [0.29, 0.717) is 0 Å². The number of carboxylic acid groups (broad SMARTS) is 1. The Morgan fingerprint density at radius 1 is 1.40 bits per heavy atom. The van der Waals surface area contributed by atoms with Crippen molar-refractivity contribution in [3.63, 3.8) is 0 Å². The highest BCUT2D eigenvalue weighted by molar-refractivity contribution is 7.10. The van der Waals surface area contributed by atoms with E-state index in [4.69, 9.17) is 5.11 Å². The van der Waals surface area contributed by atoms with Crippen LogP contribution in [0.3, 0.4) is 0 Å². The van der Waals surface area contributed by atoms with Crippen LogP contribution >= 0.6 is 11.3 Å². The van der Waals surface area contributed by atoms with Crippen molar-refractivity contribution >= 4 is 17.3 Å². The fourth-order valence-electron chi connectivity index (χ4n) is 1.55. The van der Waals surface area contributed by atoms with E-state index >= 15 is 0 Å². The van der Waals surface area contributed by atoms with Gasteiger partial charge in [-0.25, -0.2) is 0 Å². The van der Waals surface area contributed by atoms with Crippen molar-refractivity contribution in [2.45, 2.75) is 45.4 Å². The molecule has 1 aromatic rings. The van der Waals surface area contributed by atoms with E-state index < -0.39 is 5.97 Å². The molecule has 0 atom stereocenters. The topological polar surface area (TPSA) is 37.3 Å². The molecule has 0 aliphatic carbocycles. The van der Waals surface area contributed by atoms with Crippen LogP contribution in [0.2, 0.25) is 0 Å². The Labute approximate surface area is 94.9 Å². The van der Waals surface area contributed by atoms with Crippen molar-refractivity contribution in [2.75, 3.05) is 0 Å². The lowest BCUT2D eigenvalue weighted by atomic mass is 10.1. The maximum absolute atomic E-state index is 10.5. The van der Waals surface area contributed by atoms with Gasteiger partial charge in [0.1, 0.15) is 0 Å².